The highest BCUT2D eigenvalue weighted by Crippen LogP contribution is 2.15. The van der Waals surface area contributed by atoms with E-state index in [-0.39, 0.29) is 30.1 Å². The lowest BCUT2D eigenvalue weighted by atomic mass is 10.2. The summed E-state index contributed by atoms with van der Waals surface area (Å²) in [5.41, 5.74) is 1.03. The molecule has 0 saturated carbocycles. The van der Waals surface area contributed by atoms with Crippen LogP contribution in [0.1, 0.15) is 0 Å². The zero-order valence-corrected chi connectivity index (χ0v) is 11.9. The van der Waals surface area contributed by atoms with Crippen molar-refractivity contribution in [3.05, 3.63) is 36.7 Å². The van der Waals surface area contributed by atoms with Crippen molar-refractivity contribution in [2.24, 2.45) is 0 Å². The third kappa shape index (κ3) is 2.78. The van der Waals surface area contributed by atoms with Crippen molar-refractivity contribution < 1.29 is 38.4 Å². The summed E-state index contributed by atoms with van der Waals surface area (Å²) in [6.07, 6.45) is 4.64. The molecule has 0 aliphatic carbocycles. The Morgan fingerprint density at radius 1 is 1.47 bits per heavy atom. The van der Waals surface area contributed by atoms with Gasteiger partial charge in [0.15, 0.2) is 6.29 Å². The minimum Gasteiger partial charge on any atom is -1.00 e. The number of nitrogens with one attached hydrogen (secondary N) is 1. The molecule has 0 fully saturated rings. The number of hydrogen-bond donors (Lipinski definition) is 1. The summed E-state index contributed by atoms with van der Waals surface area (Å²) < 4.78 is 5.17. The van der Waals surface area contributed by atoms with Gasteiger partial charge in [0, 0.05) is 13.1 Å². The van der Waals surface area contributed by atoms with E-state index in [1.807, 2.05) is 48.6 Å². The molecule has 5 heteroatoms. The number of rotatable bonds is 3. The Bertz CT molecular complexity index is 423. The Morgan fingerprint density at radius 2 is 2.24 bits per heavy atom. The van der Waals surface area contributed by atoms with Crippen molar-refractivity contribution in [1.82, 2.24) is 4.90 Å². The molecule has 1 aliphatic rings. The van der Waals surface area contributed by atoms with Crippen LogP contribution in [0.3, 0.4) is 0 Å². The average Bonchev–Trinajstić information content (AvgIpc) is 2.70. The van der Waals surface area contributed by atoms with Crippen molar-refractivity contribution in [3.63, 3.8) is 0 Å². The number of carbonyl (C=O) groups is 1. The average molecular weight is 346 g/mol. The van der Waals surface area contributed by atoms with Crippen LogP contribution in [0.4, 0.5) is 5.69 Å². The number of benzene rings is 1. The second-order valence-electron chi connectivity index (χ2n) is 3.75. The molecule has 2 rings (SSSR count). The first-order valence-corrected chi connectivity index (χ1v) is 5.13. The summed E-state index contributed by atoms with van der Waals surface area (Å²) in [7, 11) is 3.53. The van der Waals surface area contributed by atoms with Gasteiger partial charge >= 0.3 is 0 Å². The van der Waals surface area contributed by atoms with Gasteiger partial charge in [-0.3, -0.25) is 4.79 Å². The summed E-state index contributed by atoms with van der Waals surface area (Å²) in [5.74, 6) is 0.803. The predicted molar refractivity (Wildman–Crippen MR) is 60.4 cm³/mol. The van der Waals surface area contributed by atoms with E-state index in [0.717, 1.165) is 22.6 Å². The summed E-state index contributed by atoms with van der Waals surface area (Å²) in [6, 6.07) is 7.74. The Morgan fingerprint density at radius 3 is 2.88 bits per heavy atom. The molecule has 1 aromatic rings. The lowest BCUT2D eigenvalue weighted by Gasteiger charge is -2.20. The van der Waals surface area contributed by atoms with Crippen LogP contribution < -0.4 is 33.6 Å². The first-order chi connectivity index (χ1) is 7.76. The fraction of sp³-hybridized carbons (Fsp3) is 0.250. The number of likely N-dealkylation sites (N-methyl/N-ethyl adjacent to an activating group) is 1. The summed E-state index contributed by atoms with van der Waals surface area (Å²) in [5, 5.41) is 0. The topological polar surface area (TPSA) is 34.0 Å². The standard InChI is InChI=1S/C12H14N2O2.HI/c1-13-6-7-14(12(13)9-15)10-4-3-5-11(8-10)16-2;/h3-9,12H,1-2H3;1H. The molecule has 0 bridgehead atoms. The first-order valence-electron chi connectivity index (χ1n) is 5.13. The summed E-state index contributed by atoms with van der Waals surface area (Å²) in [4.78, 5) is 13.9. The van der Waals surface area contributed by atoms with E-state index in [1.54, 1.807) is 7.11 Å². The smallest absolute Gasteiger partial charge is 0.228 e. The molecule has 0 saturated heterocycles. The number of aldehydes is 1. The number of nitrogens with zero attached hydrogens (tertiary/aromatic N) is 1. The normalized spacial score (nSPS) is 22.1. The molecule has 0 aromatic heterocycles. The molecular formula is C12H15IN2O2. The summed E-state index contributed by atoms with van der Waals surface area (Å²) >= 11 is 0. The van der Waals surface area contributed by atoms with Crippen molar-refractivity contribution in [2.75, 3.05) is 14.2 Å². The minimum atomic E-state index is -0.188. The molecule has 4 nitrogen and oxygen atoms in total. The molecule has 1 heterocycles. The number of hydrogen-bond acceptors (Lipinski definition) is 3. The van der Waals surface area contributed by atoms with Crippen LogP contribution >= 0.6 is 0 Å². The van der Waals surface area contributed by atoms with Crippen molar-refractivity contribution in [1.29, 1.82) is 0 Å². The Hall–Kier alpha value is -1.08. The summed E-state index contributed by atoms with van der Waals surface area (Å²) in [6.45, 7) is 0. The van der Waals surface area contributed by atoms with Gasteiger partial charge in [-0.25, -0.2) is 4.90 Å². The van der Waals surface area contributed by atoms with E-state index in [1.165, 1.54) is 0 Å². The Balaban J connectivity index is 0.00000144. The van der Waals surface area contributed by atoms with E-state index in [2.05, 4.69) is 0 Å². The van der Waals surface area contributed by atoms with Crippen LogP contribution in [0, 0.1) is 0 Å². The van der Waals surface area contributed by atoms with Crippen LogP contribution in [0.15, 0.2) is 36.7 Å². The van der Waals surface area contributed by atoms with Crippen molar-refractivity contribution in [2.45, 2.75) is 6.17 Å². The van der Waals surface area contributed by atoms with Crippen LogP contribution in [0.5, 0.6) is 5.75 Å². The second-order valence-corrected chi connectivity index (χ2v) is 3.75. The molecule has 17 heavy (non-hydrogen) atoms. The third-order valence-electron chi connectivity index (χ3n) is 2.78. The second kappa shape index (κ2) is 6.02. The molecule has 1 aromatic carbocycles. The Kier molecular flexibility index (Phi) is 4.95. The number of quaternary nitrogens is 1. The zero-order chi connectivity index (χ0) is 11.5. The third-order valence-corrected chi connectivity index (χ3v) is 2.78. The van der Waals surface area contributed by atoms with Crippen LogP contribution in [0.25, 0.3) is 0 Å². The van der Waals surface area contributed by atoms with Crippen molar-refractivity contribution in [3.8, 4) is 5.75 Å². The van der Waals surface area contributed by atoms with Gasteiger partial charge in [0.05, 0.1) is 13.3 Å². The molecule has 0 spiro atoms. The van der Waals surface area contributed by atoms with E-state index in [4.69, 9.17) is 4.74 Å². The van der Waals surface area contributed by atoms with Gasteiger partial charge in [-0.05, 0) is 12.1 Å². The molecule has 2 unspecified atom stereocenters. The largest absolute Gasteiger partial charge is 1.00 e. The monoisotopic (exact) mass is 346 g/mol. The first kappa shape index (κ1) is 14.0. The zero-order valence-electron chi connectivity index (χ0n) is 9.76. The van der Waals surface area contributed by atoms with Gasteiger partial charge in [0.1, 0.15) is 17.6 Å². The van der Waals surface area contributed by atoms with E-state index in [0.29, 0.717) is 0 Å². The SMILES string of the molecule is COc1cccc([NH+]2C=CN(C)C2C=O)c1.[I-]. The number of carbonyl (C=O) groups excluding carboxylic acids is 1. The maximum atomic E-state index is 11.0. The van der Waals surface area contributed by atoms with Crippen LogP contribution in [-0.4, -0.2) is 31.5 Å². The molecular weight excluding hydrogens is 331 g/mol. The van der Waals surface area contributed by atoms with E-state index < -0.39 is 0 Å². The Labute approximate surface area is 118 Å². The molecule has 1 aliphatic heterocycles. The molecule has 1 N–H and O–H groups in total. The van der Waals surface area contributed by atoms with E-state index >= 15 is 0 Å². The van der Waals surface area contributed by atoms with Crippen molar-refractivity contribution >= 4 is 12.0 Å². The minimum absolute atomic E-state index is 0. The van der Waals surface area contributed by atoms with Gasteiger partial charge in [-0.15, -0.1) is 0 Å². The quantitative estimate of drug-likeness (QED) is 0.473. The highest BCUT2D eigenvalue weighted by atomic mass is 127. The predicted octanol–water partition coefficient (Wildman–Crippen LogP) is -2.84. The number of halogens is 1. The number of ether oxygens (including phenoxy) is 1. The number of methoxy groups -OCH3 is 1. The van der Waals surface area contributed by atoms with Gasteiger partial charge in [0.25, 0.3) is 0 Å². The molecule has 92 valence electrons. The lowest BCUT2D eigenvalue weighted by Crippen LogP contribution is -3.07. The van der Waals surface area contributed by atoms with E-state index in [9.17, 15) is 4.79 Å². The lowest BCUT2D eigenvalue weighted by molar-refractivity contribution is -0.796. The van der Waals surface area contributed by atoms with Crippen LogP contribution in [0.2, 0.25) is 0 Å². The fourth-order valence-corrected chi connectivity index (χ4v) is 1.85. The van der Waals surface area contributed by atoms with Gasteiger partial charge in [-0.1, -0.05) is 6.07 Å². The highest BCUT2D eigenvalue weighted by Gasteiger charge is 2.29. The maximum Gasteiger partial charge on any atom is 0.228 e. The van der Waals surface area contributed by atoms with Gasteiger partial charge < -0.3 is 33.6 Å². The maximum absolute atomic E-state index is 11.0. The van der Waals surface area contributed by atoms with Gasteiger partial charge in [0.2, 0.25) is 6.17 Å². The fourth-order valence-electron chi connectivity index (χ4n) is 1.85. The van der Waals surface area contributed by atoms with Crippen LogP contribution in [-0.2, 0) is 4.79 Å². The molecule has 2 atom stereocenters. The molecule has 0 radical (unpaired) electrons. The van der Waals surface area contributed by atoms with Gasteiger partial charge in [-0.2, -0.15) is 0 Å². The highest BCUT2D eigenvalue weighted by molar-refractivity contribution is 5.57. The molecule has 0 amide bonds.